The minimum atomic E-state index is 0.162. The van der Waals surface area contributed by atoms with Gasteiger partial charge in [0.25, 0.3) is 0 Å². The summed E-state index contributed by atoms with van der Waals surface area (Å²) < 4.78 is 0. The topological polar surface area (TPSA) is 40.5 Å². The summed E-state index contributed by atoms with van der Waals surface area (Å²) in [6.45, 7) is 1.62. The zero-order valence-electron chi connectivity index (χ0n) is 7.29. The van der Waals surface area contributed by atoms with Crippen molar-refractivity contribution in [2.75, 3.05) is 0 Å². The number of aliphatic hydroxyl groups is 1. The Balaban J connectivity index is 2.14. The normalized spacial score (nSPS) is 35.7. The summed E-state index contributed by atoms with van der Waals surface area (Å²) in [7, 11) is 0. The van der Waals surface area contributed by atoms with Gasteiger partial charge in [-0.25, -0.2) is 0 Å². The van der Waals surface area contributed by atoms with Crippen molar-refractivity contribution in [2.45, 2.75) is 44.7 Å². The first-order chi connectivity index (χ1) is 5.68. The molecule has 0 aromatic rings. The molecule has 0 spiro atoms. The molecule has 3 heteroatoms. The lowest BCUT2D eigenvalue weighted by atomic mass is 10.00. The lowest BCUT2D eigenvalue weighted by Crippen LogP contribution is -2.44. The van der Waals surface area contributed by atoms with Gasteiger partial charge in [0.15, 0.2) is 0 Å². The largest absolute Gasteiger partial charge is 0.387 e. The Morgan fingerprint density at radius 2 is 1.92 bits per heavy atom. The van der Waals surface area contributed by atoms with E-state index in [1.165, 1.54) is 0 Å². The molecule has 3 nitrogen and oxygen atoms in total. The maximum absolute atomic E-state index is 11.2. The van der Waals surface area contributed by atoms with E-state index in [9.17, 15) is 9.90 Å². The van der Waals surface area contributed by atoms with Gasteiger partial charge in [-0.3, -0.25) is 4.79 Å². The molecule has 2 fully saturated rings. The van der Waals surface area contributed by atoms with Crippen molar-refractivity contribution in [1.82, 2.24) is 4.90 Å². The Bertz CT molecular complexity index is 191. The number of piperidine rings is 1. The van der Waals surface area contributed by atoms with E-state index in [4.69, 9.17) is 0 Å². The zero-order valence-corrected chi connectivity index (χ0v) is 7.29. The van der Waals surface area contributed by atoms with E-state index in [1.54, 1.807) is 6.92 Å². The first-order valence-electron chi connectivity index (χ1n) is 4.51. The summed E-state index contributed by atoms with van der Waals surface area (Å²) >= 11 is 0. The molecule has 0 aromatic heterocycles. The summed E-state index contributed by atoms with van der Waals surface area (Å²) in [5.41, 5.74) is 0. The molecule has 2 heterocycles. The number of fused-ring (bicyclic) bond motifs is 2. The van der Waals surface area contributed by atoms with Crippen LogP contribution in [0.25, 0.3) is 0 Å². The molecule has 2 unspecified atom stereocenters. The van der Waals surface area contributed by atoms with E-state index in [2.05, 4.69) is 0 Å². The Labute approximate surface area is 72.4 Å². The van der Waals surface area contributed by atoms with Gasteiger partial charge in [-0.05, 0) is 25.7 Å². The molecule has 67 valence electrons. The number of amides is 1. The molecule has 1 radical (unpaired) electrons. The van der Waals surface area contributed by atoms with Gasteiger partial charge in [-0.1, -0.05) is 0 Å². The Kier molecular flexibility index (Phi) is 1.83. The molecule has 2 saturated heterocycles. The number of hydrogen-bond donors (Lipinski definition) is 1. The van der Waals surface area contributed by atoms with Gasteiger partial charge in [0.1, 0.15) is 0 Å². The summed E-state index contributed by atoms with van der Waals surface area (Å²) in [4.78, 5) is 13.1. The molecule has 12 heavy (non-hydrogen) atoms. The smallest absolute Gasteiger partial charge is 0.219 e. The highest BCUT2D eigenvalue weighted by Crippen LogP contribution is 2.38. The Morgan fingerprint density at radius 3 is 2.33 bits per heavy atom. The quantitative estimate of drug-likeness (QED) is 0.587. The molecule has 0 aromatic carbocycles. The standard InChI is InChI=1S/C9H14NO2/c1-6(11)10-7-2-3-8(10)5-9(12)4-7/h7-8,12H,2-5H2,1H3. The van der Waals surface area contributed by atoms with Crippen molar-refractivity contribution < 1.29 is 9.90 Å². The van der Waals surface area contributed by atoms with Gasteiger partial charge >= 0.3 is 0 Å². The van der Waals surface area contributed by atoms with E-state index in [0.29, 0.717) is 31.0 Å². The van der Waals surface area contributed by atoms with E-state index in [0.717, 1.165) is 12.8 Å². The minimum absolute atomic E-state index is 0.162. The van der Waals surface area contributed by atoms with Crippen molar-refractivity contribution in [3.8, 4) is 0 Å². The molecule has 2 rings (SSSR count). The zero-order chi connectivity index (χ0) is 8.72. The predicted molar refractivity (Wildman–Crippen MR) is 43.7 cm³/mol. The molecule has 0 aliphatic carbocycles. The van der Waals surface area contributed by atoms with Crippen molar-refractivity contribution in [3.05, 3.63) is 6.10 Å². The number of rotatable bonds is 0. The van der Waals surface area contributed by atoms with Gasteiger partial charge in [0, 0.05) is 19.0 Å². The first-order valence-corrected chi connectivity index (χ1v) is 4.51. The third kappa shape index (κ3) is 1.12. The fraction of sp³-hybridized carbons (Fsp3) is 0.778. The lowest BCUT2D eigenvalue weighted by molar-refractivity contribution is -0.133. The van der Waals surface area contributed by atoms with Gasteiger partial charge < -0.3 is 10.0 Å². The molecule has 2 bridgehead atoms. The van der Waals surface area contributed by atoms with E-state index in [-0.39, 0.29) is 5.91 Å². The fourth-order valence-corrected chi connectivity index (χ4v) is 2.50. The van der Waals surface area contributed by atoms with Crippen molar-refractivity contribution >= 4 is 5.91 Å². The first kappa shape index (κ1) is 8.05. The summed E-state index contributed by atoms with van der Waals surface area (Å²) in [6.07, 6.45) is 4.12. The monoisotopic (exact) mass is 168 g/mol. The second kappa shape index (κ2) is 2.73. The summed E-state index contributed by atoms with van der Waals surface area (Å²) in [5.74, 6) is 0.162. The van der Waals surface area contributed by atoms with Gasteiger partial charge in [-0.2, -0.15) is 0 Å². The highest BCUT2D eigenvalue weighted by molar-refractivity contribution is 5.74. The van der Waals surface area contributed by atoms with Crippen LogP contribution in [-0.2, 0) is 4.79 Å². The molecule has 0 saturated carbocycles. The van der Waals surface area contributed by atoms with Crippen LogP contribution in [-0.4, -0.2) is 28.0 Å². The highest BCUT2D eigenvalue weighted by Gasteiger charge is 2.41. The number of hydrogen-bond acceptors (Lipinski definition) is 2. The SMILES string of the molecule is CC(=O)N1C2CCC1C[C](O)C2. The number of carbonyl (C=O) groups is 1. The van der Waals surface area contributed by atoms with Crippen molar-refractivity contribution in [1.29, 1.82) is 0 Å². The van der Waals surface area contributed by atoms with Crippen LogP contribution in [0.4, 0.5) is 0 Å². The third-order valence-corrected chi connectivity index (χ3v) is 2.93. The molecule has 2 aliphatic heterocycles. The maximum atomic E-state index is 11.2. The van der Waals surface area contributed by atoms with Gasteiger partial charge in [-0.15, -0.1) is 0 Å². The van der Waals surface area contributed by atoms with E-state index >= 15 is 0 Å². The molecular weight excluding hydrogens is 154 g/mol. The third-order valence-electron chi connectivity index (χ3n) is 2.93. The molecule has 2 atom stereocenters. The molecular formula is C9H14NO2. The maximum Gasteiger partial charge on any atom is 0.219 e. The average Bonchev–Trinajstić information content (AvgIpc) is 2.24. The summed E-state index contributed by atoms with van der Waals surface area (Å²) in [5, 5.41) is 9.37. The number of nitrogens with zero attached hydrogens (tertiary/aromatic N) is 1. The second-order valence-corrected chi connectivity index (χ2v) is 3.79. The van der Waals surface area contributed by atoms with Crippen LogP contribution < -0.4 is 0 Å². The van der Waals surface area contributed by atoms with E-state index < -0.39 is 0 Å². The molecule has 1 N–H and O–H groups in total. The second-order valence-electron chi connectivity index (χ2n) is 3.79. The lowest BCUT2D eigenvalue weighted by Gasteiger charge is -2.35. The minimum Gasteiger partial charge on any atom is -0.387 e. The van der Waals surface area contributed by atoms with Crippen LogP contribution in [0, 0.1) is 6.10 Å². The fourth-order valence-electron chi connectivity index (χ4n) is 2.50. The van der Waals surface area contributed by atoms with Crippen LogP contribution >= 0.6 is 0 Å². The van der Waals surface area contributed by atoms with Crippen molar-refractivity contribution in [2.24, 2.45) is 0 Å². The Hall–Kier alpha value is -0.570. The molecule has 2 aliphatic rings. The van der Waals surface area contributed by atoms with Gasteiger partial charge in [0.05, 0.1) is 6.10 Å². The van der Waals surface area contributed by atoms with E-state index in [1.807, 2.05) is 4.90 Å². The van der Waals surface area contributed by atoms with Crippen LogP contribution in [0.5, 0.6) is 0 Å². The van der Waals surface area contributed by atoms with Crippen LogP contribution in [0.15, 0.2) is 0 Å². The number of carbonyl (C=O) groups excluding carboxylic acids is 1. The Morgan fingerprint density at radius 1 is 1.42 bits per heavy atom. The van der Waals surface area contributed by atoms with Crippen LogP contribution in [0.2, 0.25) is 0 Å². The number of aliphatic hydroxyl groups excluding tert-OH is 1. The highest BCUT2D eigenvalue weighted by atomic mass is 16.3. The van der Waals surface area contributed by atoms with Crippen LogP contribution in [0.1, 0.15) is 32.6 Å². The summed E-state index contributed by atoms with van der Waals surface area (Å²) in [6, 6.07) is 0.586. The van der Waals surface area contributed by atoms with Crippen LogP contribution in [0.3, 0.4) is 0 Å². The van der Waals surface area contributed by atoms with Gasteiger partial charge in [0.2, 0.25) is 5.91 Å². The average molecular weight is 168 g/mol. The predicted octanol–water partition coefficient (Wildman–Crippen LogP) is 1.06. The molecule has 1 amide bonds. The van der Waals surface area contributed by atoms with Crippen molar-refractivity contribution in [3.63, 3.8) is 0 Å².